The van der Waals surface area contributed by atoms with Crippen LogP contribution in [0.15, 0.2) is 42.7 Å². The van der Waals surface area contributed by atoms with Gasteiger partial charge in [0, 0.05) is 40.8 Å². The lowest BCUT2D eigenvalue weighted by Crippen LogP contribution is -2.31. The smallest absolute Gasteiger partial charge is 0.255 e. The van der Waals surface area contributed by atoms with Gasteiger partial charge in [0.1, 0.15) is 5.82 Å². The molecule has 1 unspecified atom stereocenters. The molecule has 0 fully saturated rings. The minimum absolute atomic E-state index is 0.00237. The number of hydrogen-bond acceptors (Lipinski definition) is 6. The van der Waals surface area contributed by atoms with E-state index in [1.54, 1.807) is 25.3 Å². The summed E-state index contributed by atoms with van der Waals surface area (Å²) in [5, 5.41) is 15.8. The molecular weight excluding hydrogens is 447 g/mol. The van der Waals surface area contributed by atoms with Crippen LogP contribution in [-0.2, 0) is 0 Å². The van der Waals surface area contributed by atoms with Crippen LogP contribution in [0.25, 0.3) is 11.3 Å². The first-order valence-corrected chi connectivity index (χ1v) is 10.8. The van der Waals surface area contributed by atoms with Crippen molar-refractivity contribution in [2.24, 2.45) is 0 Å². The van der Waals surface area contributed by atoms with Crippen LogP contribution in [-0.4, -0.2) is 40.7 Å². The number of benzene rings is 1. The molecule has 1 amide bonds. The summed E-state index contributed by atoms with van der Waals surface area (Å²) in [6.45, 7) is 5.64. The van der Waals surface area contributed by atoms with Crippen LogP contribution in [0.3, 0.4) is 0 Å². The van der Waals surface area contributed by atoms with E-state index in [0.717, 1.165) is 5.56 Å². The van der Waals surface area contributed by atoms with Crippen molar-refractivity contribution in [3.05, 3.63) is 64.7 Å². The molecule has 3 aromatic rings. The molecular formula is C24H26ClFN4O3. The summed E-state index contributed by atoms with van der Waals surface area (Å²) in [4.78, 5) is 21.2. The number of hydrogen-bond donors (Lipinski definition) is 3. The third-order valence-corrected chi connectivity index (χ3v) is 5.13. The molecule has 1 atom stereocenters. The molecule has 3 rings (SSSR count). The van der Waals surface area contributed by atoms with E-state index in [1.807, 2.05) is 13.8 Å². The van der Waals surface area contributed by atoms with Crippen molar-refractivity contribution in [1.29, 1.82) is 0 Å². The lowest BCUT2D eigenvalue weighted by atomic mass is 9.99. The Morgan fingerprint density at radius 3 is 2.64 bits per heavy atom. The summed E-state index contributed by atoms with van der Waals surface area (Å²) < 4.78 is 20.1. The highest BCUT2D eigenvalue weighted by Crippen LogP contribution is 2.38. The molecule has 0 aliphatic carbocycles. The number of halogens is 2. The van der Waals surface area contributed by atoms with E-state index >= 15 is 0 Å². The second kappa shape index (κ2) is 10.6. The van der Waals surface area contributed by atoms with Crippen LogP contribution in [0, 0.1) is 5.82 Å². The SMILES string of the molecule is COc1nc(-c2cc(Cl)ccc2F)cc(Nc2ccncc2C(=O)NCC(C)O)c1C(C)C. The fourth-order valence-corrected chi connectivity index (χ4v) is 3.52. The average Bonchev–Trinajstić information content (AvgIpc) is 2.78. The van der Waals surface area contributed by atoms with E-state index in [0.29, 0.717) is 33.5 Å². The van der Waals surface area contributed by atoms with Crippen LogP contribution < -0.4 is 15.4 Å². The molecule has 0 saturated heterocycles. The topological polar surface area (TPSA) is 96.4 Å². The van der Waals surface area contributed by atoms with Crippen molar-refractivity contribution in [3.8, 4) is 17.1 Å². The number of aliphatic hydroxyl groups is 1. The van der Waals surface area contributed by atoms with E-state index in [2.05, 4.69) is 20.6 Å². The predicted octanol–water partition coefficient (Wildman–Crippen LogP) is 4.92. The molecule has 9 heteroatoms. The highest BCUT2D eigenvalue weighted by molar-refractivity contribution is 6.30. The largest absolute Gasteiger partial charge is 0.481 e. The van der Waals surface area contributed by atoms with E-state index in [1.165, 1.54) is 31.5 Å². The monoisotopic (exact) mass is 472 g/mol. The quantitative estimate of drug-likeness (QED) is 0.430. The number of aliphatic hydroxyl groups excluding tert-OH is 1. The first kappa shape index (κ1) is 24.4. The van der Waals surface area contributed by atoms with E-state index in [-0.39, 0.29) is 23.9 Å². The van der Waals surface area contributed by atoms with Crippen molar-refractivity contribution >= 4 is 28.9 Å². The second-order valence-electron chi connectivity index (χ2n) is 7.86. The van der Waals surface area contributed by atoms with Gasteiger partial charge in [0.25, 0.3) is 5.91 Å². The fraction of sp³-hybridized carbons (Fsp3) is 0.292. The number of nitrogens with one attached hydrogen (secondary N) is 2. The molecule has 0 aliphatic rings. The van der Waals surface area contributed by atoms with E-state index in [4.69, 9.17) is 16.3 Å². The number of amides is 1. The maximum Gasteiger partial charge on any atom is 0.255 e. The van der Waals surface area contributed by atoms with Crippen molar-refractivity contribution in [3.63, 3.8) is 0 Å². The molecule has 0 aliphatic heterocycles. The number of carbonyl (C=O) groups excluding carboxylic acids is 1. The Hall–Kier alpha value is -3.23. The Balaban J connectivity index is 2.11. The van der Waals surface area contributed by atoms with Gasteiger partial charge in [0.2, 0.25) is 5.88 Å². The van der Waals surface area contributed by atoms with Crippen molar-refractivity contribution in [2.45, 2.75) is 32.8 Å². The molecule has 0 bridgehead atoms. The summed E-state index contributed by atoms with van der Waals surface area (Å²) in [5.74, 6) is -0.528. The van der Waals surface area contributed by atoms with Crippen molar-refractivity contribution in [1.82, 2.24) is 15.3 Å². The number of anilines is 2. The Kier molecular flexibility index (Phi) is 7.84. The Morgan fingerprint density at radius 1 is 1.21 bits per heavy atom. The van der Waals surface area contributed by atoms with Gasteiger partial charge in [0.15, 0.2) is 0 Å². The molecule has 0 saturated carbocycles. The van der Waals surface area contributed by atoms with Gasteiger partial charge in [-0.25, -0.2) is 9.37 Å². The molecule has 0 radical (unpaired) electrons. The summed E-state index contributed by atoms with van der Waals surface area (Å²) in [5.41, 5.74) is 2.69. The summed E-state index contributed by atoms with van der Waals surface area (Å²) in [6.07, 6.45) is 2.30. The number of ether oxygens (including phenoxy) is 1. The normalized spacial score (nSPS) is 11.9. The number of carbonyl (C=O) groups is 1. The zero-order chi connectivity index (χ0) is 24.1. The number of nitrogens with zero attached hydrogens (tertiary/aromatic N) is 2. The summed E-state index contributed by atoms with van der Waals surface area (Å²) in [6, 6.07) is 7.61. The third kappa shape index (κ3) is 5.77. The molecule has 2 heterocycles. The van der Waals surface area contributed by atoms with Crippen LogP contribution in [0.2, 0.25) is 5.02 Å². The zero-order valence-electron chi connectivity index (χ0n) is 18.8. The van der Waals surface area contributed by atoms with Gasteiger partial charge in [-0.3, -0.25) is 9.78 Å². The molecule has 3 N–H and O–H groups in total. The first-order chi connectivity index (χ1) is 15.7. The minimum atomic E-state index is -0.686. The van der Waals surface area contributed by atoms with Gasteiger partial charge in [0.05, 0.1) is 30.2 Å². The number of rotatable bonds is 8. The Bertz CT molecular complexity index is 1150. The average molecular weight is 473 g/mol. The lowest BCUT2D eigenvalue weighted by molar-refractivity contribution is 0.0924. The molecule has 2 aromatic heterocycles. The highest BCUT2D eigenvalue weighted by atomic mass is 35.5. The molecule has 1 aromatic carbocycles. The molecule has 0 spiro atoms. The fourth-order valence-electron chi connectivity index (χ4n) is 3.35. The van der Waals surface area contributed by atoms with Gasteiger partial charge < -0.3 is 20.5 Å². The third-order valence-electron chi connectivity index (χ3n) is 4.89. The molecule has 7 nitrogen and oxygen atoms in total. The summed E-state index contributed by atoms with van der Waals surface area (Å²) in [7, 11) is 1.50. The van der Waals surface area contributed by atoms with Gasteiger partial charge in [-0.2, -0.15) is 0 Å². The lowest BCUT2D eigenvalue weighted by Gasteiger charge is -2.20. The number of methoxy groups -OCH3 is 1. The van der Waals surface area contributed by atoms with E-state index < -0.39 is 11.9 Å². The van der Waals surface area contributed by atoms with Crippen LogP contribution in [0.1, 0.15) is 42.6 Å². The van der Waals surface area contributed by atoms with Gasteiger partial charge >= 0.3 is 0 Å². The van der Waals surface area contributed by atoms with Crippen molar-refractivity contribution in [2.75, 3.05) is 19.0 Å². The molecule has 33 heavy (non-hydrogen) atoms. The molecule has 174 valence electrons. The standard InChI is InChI=1S/C24H26ClFN4O3/c1-13(2)22-21(29-19-7-8-27-12-17(19)23(32)28-11-14(3)31)10-20(30-24(22)33-4)16-9-15(25)5-6-18(16)26/h5-10,12-14,31H,11H2,1-4H3,(H,28,32)(H,27,29,30). The van der Waals surface area contributed by atoms with Gasteiger partial charge in [-0.15, -0.1) is 0 Å². The predicted molar refractivity (Wildman–Crippen MR) is 127 cm³/mol. The minimum Gasteiger partial charge on any atom is -0.481 e. The van der Waals surface area contributed by atoms with Gasteiger partial charge in [-0.1, -0.05) is 25.4 Å². The van der Waals surface area contributed by atoms with Crippen LogP contribution >= 0.6 is 11.6 Å². The maximum atomic E-state index is 14.6. The zero-order valence-corrected chi connectivity index (χ0v) is 19.6. The second-order valence-corrected chi connectivity index (χ2v) is 8.30. The van der Waals surface area contributed by atoms with Crippen LogP contribution in [0.4, 0.5) is 15.8 Å². The van der Waals surface area contributed by atoms with Gasteiger partial charge in [-0.05, 0) is 43.2 Å². The Labute approximate surface area is 197 Å². The summed E-state index contributed by atoms with van der Waals surface area (Å²) >= 11 is 6.09. The van der Waals surface area contributed by atoms with Crippen LogP contribution in [0.5, 0.6) is 5.88 Å². The number of aromatic nitrogens is 2. The first-order valence-electron chi connectivity index (χ1n) is 10.4. The van der Waals surface area contributed by atoms with E-state index in [9.17, 15) is 14.3 Å². The highest BCUT2D eigenvalue weighted by Gasteiger charge is 2.21. The Morgan fingerprint density at radius 2 is 1.97 bits per heavy atom. The van der Waals surface area contributed by atoms with Crippen molar-refractivity contribution < 1.29 is 19.0 Å². The number of pyridine rings is 2. The maximum absolute atomic E-state index is 14.6.